The topological polar surface area (TPSA) is 140 Å². The summed E-state index contributed by atoms with van der Waals surface area (Å²) in [6, 6.07) is 16.2. The summed E-state index contributed by atoms with van der Waals surface area (Å²) in [5.41, 5.74) is 2.79. The summed E-state index contributed by atoms with van der Waals surface area (Å²) in [6.45, 7) is 6.34. The van der Waals surface area contributed by atoms with Crippen molar-refractivity contribution in [2.45, 2.75) is 45.1 Å². The van der Waals surface area contributed by atoms with Crippen molar-refractivity contribution in [2.24, 2.45) is 0 Å². The molecule has 2 N–H and O–H groups in total. The standard InChI is InChI=1S/C31H35FN8O4.CH4/c1-20-14-38(10-11-40(20)25-17-43-18-25)24-5-3-23(4-6-24)36-31-35-19-34-30(37-31)21-2-7-27(22(12-21)13-33)44-28-8-9-39(15-26(28)32)29(42)16-41;/h2-7,12,19-20,25-26,28,41H,8-11,14-18H2,1H3,(H,34,35,36,37);1H4/t20-,26-,28+;/m1./s1. The van der Waals surface area contributed by atoms with Gasteiger partial charge in [0.1, 0.15) is 30.9 Å². The van der Waals surface area contributed by atoms with Gasteiger partial charge in [-0.2, -0.15) is 10.2 Å². The monoisotopic (exact) mass is 618 g/mol. The average molecular weight is 619 g/mol. The summed E-state index contributed by atoms with van der Waals surface area (Å²) in [6.07, 6.45) is -0.614. The predicted octanol–water partition coefficient (Wildman–Crippen LogP) is 3.01. The third-order valence-corrected chi connectivity index (χ3v) is 8.44. The lowest BCUT2D eigenvalue weighted by atomic mass is 10.0. The fourth-order valence-electron chi connectivity index (χ4n) is 5.91. The smallest absolute Gasteiger partial charge is 0.248 e. The van der Waals surface area contributed by atoms with Crippen LogP contribution in [0.5, 0.6) is 5.75 Å². The molecule has 3 saturated heterocycles. The maximum atomic E-state index is 14.7. The number of alkyl halides is 1. The molecule has 12 nitrogen and oxygen atoms in total. The Morgan fingerprint density at radius 3 is 2.62 bits per heavy atom. The zero-order valence-corrected chi connectivity index (χ0v) is 24.5. The lowest BCUT2D eigenvalue weighted by Crippen LogP contribution is -2.60. The molecule has 3 atom stereocenters. The molecule has 0 aliphatic carbocycles. The summed E-state index contributed by atoms with van der Waals surface area (Å²) in [5, 5.41) is 22.0. The number of carbonyl (C=O) groups is 1. The number of anilines is 3. The molecule has 3 aliphatic heterocycles. The highest BCUT2D eigenvalue weighted by atomic mass is 19.1. The van der Waals surface area contributed by atoms with E-state index in [0.717, 1.165) is 44.2 Å². The van der Waals surface area contributed by atoms with Crippen LogP contribution in [0.2, 0.25) is 0 Å². The Labute approximate surface area is 262 Å². The first kappa shape index (κ1) is 32.0. The highest BCUT2D eigenvalue weighted by molar-refractivity contribution is 5.77. The fraction of sp³-hybridized carbons (Fsp3) is 0.469. The predicted molar refractivity (Wildman–Crippen MR) is 167 cm³/mol. The molecule has 2 aromatic carbocycles. The van der Waals surface area contributed by atoms with Crippen LogP contribution in [0.3, 0.4) is 0 Å². The van der Waals surface area contributed by atoms with E-state index < -0.39 is 24.8 Å². The van der Waals surface area contributed by atoms with Gasteiger partial charge in [-0.25, -0.2) is 14.4 Å². The van der Waals surface area contributed by atoms with E-state index in [-0.39, 0.29) is 38.2 Å². The number of aromatic nitrogens is 3. The van der Waals surface area contributed by atoms with E-state index in [9.17, 15) is 14.4 Å². The molecular weight excluding hydrogens is 579 g/mol. The molecule has 13 heteroatoms. The molecule has 3 fully saturated rings. The molecule has 45 heavy (non-hydrogen) atoms. The molecule has 6 rings (SSSR count). The Kier molecular flexibility index (Phi) is 10.1. The van der Waals surface area contributed by atoms with Crippen LogP contribution in [0, 0.1) is 11.3 Å². The molecule has 3 aliphatic rings. The zero-order chi connectivity index (χ0) is 30.6. The maximum Gasteiger partial charge on any atom is 0.248 e. The minimum atomic E-state index is -1.45. The highest BCUT2D eigenvalue weighted by Crippen LogP contribution is 2.29. The number of piperazine rings is 1. The van der Waals surface area contributed by atoms with Gasteiger partial charge in [-0.1, -0.05) is 7.43 Å². The number of hydrogen-bond acceptors (Lipinski definition) is 11. The number of nitrogens with zero attached hydrogens (tertiary/aromatic N) is 7. The third kappa shape index (κ3) is 7.14. The first-order valence-electron chi connectivity index (χ1n) is 14.8. The van der Waals surface area contributed by atoms with Crippen LogP contribution in [-0.4, -0.2) is 113 Å². The molecule has 1 aromatic heterocycles. The van der Waals surface area contributed by atoms with E-state index in [1.165, 1.54) is 11.2 Å². The third-order valence-electron chi connectivity index (χ3n) is 8.44. The minimum absolute atomic E-state index is 0. The van der Waals surface area contributed by atoms with Crippen molar-refractivity contribution in [3.63, 3.8) is 0 Å². The second-order valence-corrected chi connectivity index (χ2v) is 11.3. The van der Waals surface area contributed by atoms with E-state index in [4.69, 9.17) is 14.6 Å². The van der Waals surface area contributed by atoms with Crippen LogP contribution >= 0.6 is 0 Å². The second-order valence-electron chi connectivity index (χ2n) is 11.3. The number of amides is 1. The Balaban J connectivity index is 0.00000400. The number of likely N-dealkylation sites (tertiary alicyclic amines) is 1. The molecule has 4 heterocycles. The van der Waals surface area contributed by atoms with Gasteiger partial charge in [-0.15, -0.1) is 0 Å². The lowest BCUT2D eigenvalue weighted by molar-refractivity contribution is -0.138. The SMILES string of the molecule is C.C[C@@H]1CN(c2ccc(Nc3ncnc(-c4ccc(O[C@H]5CCN(C(=O)CO)C[C@H]5F)c(C#N)c4)n3)cc2)CCN1C1COC1. The van der Waals surface area contributed by atoms with Crippen molar-refractivity contribution in [3.8, 4) is 23.2 Å². The van der Waals surface area contributed by atoms with Gasteiger partial charge in [-0.05, 0) is 49.4 Å². The Bertz CT molecular complexity index is 1520. The number of nitrogens with one attached hydrogen (secondary N) is 1. The highest BCUT2D eigenvalue weighted by Gasteiger charge is 2.34. The molecule has 1 amide bonds. The van der Waals surface area contributed by atoms with Crippen molar-refractivity contribution in [3.05, 3.63) is 54.4 Å². The van der Waals surface area contributed by atoms with Crippen LogP contribution in [0.1, 0.15) is 26.3 Å². The van der Waals surface area contributed by atoms with E-state index in [2.05, 4.69) is 55.2 Å². The van der Waals surface area contributed by atoms with Crippen LogP contribution in [0.25, 0.3) is 11.4 Å². The quantitative estimate of drug-likeness (QED) is 0.385. The summed E-state index contributed by atoms with van der Waals surface area (Å²) in [7, 11) is 0. The molecule has 0 saturated carbocycles. The van der Waals surface area contributed by atoms with Gasteiger partial charge in [0.2, 0.25) is 11.9 Å². The number of piperidine rings is 1. The summed E-state index contributed by atoms with van der Waals surface area (Å²) < 4.78 is 26.0. The Morgan fingerprint density at radius 2 is 1.96 bits per heavy atom. The van der Waals surface area contributed by atoms with Crippen LogP contribution in [0.4, 0.5) is 21.7 Å². The van der Waals surface area contributed by atoms with Crippen molar-refractivity contribution >= 4 is 23.2 Å². The Morgan fingerprint density at radius 1 is 1.16 bits per heavy atom. The number of carbonyl (C=O) groups excluding carboxylic acids is 1. The van der Waals surface area contributed by atoms with Crippen molar-refractivity contribution < 1.29 is 23.8 Å². The summed E-state index contributed by atoms with van der Waals surface area (Å²) in [5.74, 6) is 0.447. The number of hydrogen-bond donors (Lipinski definition) is 2. The largest absolute Gasteiger partial charge is 0.486 e. The Hall–Kier alpha value is -4.38. The molecule has 0 radical (unpaired) electrons. The molecular formula is C32H39FN8O4. The van der Waals surface area contributed by atoms with Gasteiger partial charge < -0.3 is 29.7 Å². The van der Waals surface area contributed by atoms with E-state index in [0.29, 0.717) is 29.4 Å². The van der Waals surface area contributed by atoms with Crippen LogP contribution < -0.4 is 15.0 Å². The van der Waals surface area contributed by atoms with Gasteiger partial charge >= 0.3 is 0 Å². The normalized spacial score (nSPS) is 22.1. The first-order chi connectivity index (χ1) is 21.4. The molecule has 0 bridgehead atoms. The van der Waals surface area contributed by atoms with Crippen molar-refractivity contribution in [2.75, 3.05) is 62.8 Å². The van der Waals surface area contributed by atoms with Crippen molar-refractivity contribution in [1.82, 2.24) is 24.8 Å². The number of benzene rings is 2. The van der Waals surface area contributed by atoms with Crippen LogP contribution in [0.15, 0.2) is 48.8 Å². The number of aliphatic hydroxyl groups excluding tert-OH is 1. The zero-order valence-electron chi connectivity index (χ0n) is 24.5. The molecule has 0 spiro atoms. The number of nitriles is 1. The summed E-state index contributed by atoms with van der Waals surface area (Å²) in [4.78, 5) is 31.0. The van der Waals surface area contributed by atoms with Crippen molar-refractivity contribution in [1.29, 1.82) is 5.26 Å². The number of halogens is 1. The summed E-state index contributed by atoms with van der Waals surface area (Å²) >= 11 is 0. The van der Waals surface area contributed by atoms with Gasteiger partial charge in [0.25, 0.3) is 0 Å². The van der Waals surface area contributed by atoms with Gasteiger partial charge in [-0.3, -0.25) is 9.69 Å². The maximum absolute atomic E-state index is 14.7. The van der Waals surface area contributed by atoms with Gasteiger partial charge in [0, 0.05) is 55.6 Å². The average Bonchev–Trinajstić information content (AvgIpc) is 3.02. The number of ether oxygens (including phenoxy) is 2. The molecule has 0 unspecified atom stereocenters. The lowest BCUT2D eigenvalue weighted by Gasteiger charge is -2.47. The van der Waals surface area contributed by atoms with E-state index in [1.54, 1.807) is 18.2 Å². The van der Waals surface area contributed by atoms with E-state index in [1.807, 2.05) is 12.1 Å². The second kappa shape index (κ2) is 14.2. The van der Waals surface area contributed by atoms with E-state index >= 15 is 0 Å². The molecule has 3 aromatic rings. The minimum Gasteiger partial charge on any atom is -0.486 e. The molecule has 238 valence electrons. The number of rotatable bonds is 8. The first-order valence-corrected chi connectivity index (χ1v) is 14.8. The number of aliphatic hydroxyl groups is 1. The van der Waals surface area contributed by atoms with Gasteiger partial charge in [0.05, 0.1) is 31.4 Å². The fourth-order valence-corrected chi connectivity index (χ4v) is 5.91. The van der Waals surface area contributed by atoms with Crippen LogP contribution in [-0.2, 0) is 9.53 Å². The van der Waals surface area contributed by atoms with Gasteiger partial charge in [0.15, 0.2) is 12.0 Å².